The molecule has 0 spiro atoms. The fourth-order valence-electron chi connectivity index (χ4n) is 3.48. The molecule has 4 rings (SSSR count). The third-order valence-corrected chi connectivity index (χ3v) is 5.24. The van der Waals surface area contributed by atoms with Crippen molar-refractivity contribution in [3.63, 3.8) is 0 Å². The Morgan fingerprint density at radius 3 is 1.24 bits per heavy atom. The highest BCUT2D eigenvalue weighted by Gasteiger charge is 2.27. The van der Waals surface area contributed by atoms with Gasteiger partial charge < -0.3 is 9.47 Å². The number of nitrogens with zero attached hydrogens (tertiary/aromatic N) is 2. The van der Waals surface area contributed by atoms with E-state index in [4.69, 9.17) is 9.47 Å². The molecule has 0 bridgehead atoms. The van der Waals surface area contributed by atoms with Gasteiger partial charge in [-0.05, 0) is 36.4 Å². The summed E-state index contributed by atoms with van der Waals surface area (Å²) in [5.74, 6) is -6.69. The smallest absolute Gasteiger partial charge is 0.345 e. The van der Waals surface area contributed by atoms with Crippen LogP contribution in [0.15, 0.2) is 72.8 Å². The molecule has 0 saturated carbocycles. The zero-order valence-electron chi connectivity index (χ0n) is 19.3. The molecule has 2 aliphatic rings. The van der Waals surface area contributed by atoms with Crippen LogP contribution in [-0.4, -0.2) is 47.5 Å². The summed E-state index contributed by atoms with van der Waals surface area (Å²) >= 11 is 0. The van der Waals surface area contributed by atoms with Crippen molar-refractivity contribution in [2.75, 3.05) is 9.80 Å². The van der Waals surface area contributed by atoms with Crippen LogP contribution >= 0.6 is 0 Å². The second kappa shape index (κ2) is 10.6. The molecule has 2 aromatic rings. The van der Waals surface area contributed by atoms with E-state index in [9.17, 15) is 38.4 Å². The Bertz CT molecular complexity index is 1340. The predicted molar refractivity (Wildman–Crippen MR) is 126 cm³/mol. The molecule has 4 amide bonds. The summed E-state index contributed by atoms with van der Waals surface area (Å²) in [5.41, 5.74) is -0.0297. The van der Waals surface area contributed by atoms with Gasteiger partial charge in [0.25, 0.3) is 23.6 Å². The van der Waals surface area contributed by atoms with Crippen molar-refractivity contribution >= 4 is 58.9 Å². The van der Waals surface area contributed by atoms with Crippen LogP contribution in [0.5, 0.6) is 0 Å². The number of amides is 4. The molecule has 12 nitrogen and oxygen atoms in total. The number of benzene rings is 2. The Labute approximate surface area is 213 Å². The van der Waals surface area contributed by atoms with Crippen LogP contribution in [0.25, 0.3) is 0 Å². The molecule has 12 heteroatoms. The lowest BCUT2D eigenvalue weighted by atomic mass is 10.2. The van der Waals surface area contributed by atoms with Crippen LogP contribution in [0.3, 0.4) is 0 Å². The average Bonchev–Trinajstić information content (AvgIpc) is 3.42. The zero-order valence-corrected chi connectivity index (χ0v) is 19.3. The monoisotopic (exact) mass is 516 g/mol. The van der Waals surface area contributed by atoms with Gasteiger partial charge >= 0.3 is 23.9 Å². The molecule has 38 heavy (non-hydrogen) atoms. The molecule has 0 aliphatic carbocycles. The number of imide groups is 2. The maximum absolute atomic E-state index is 12.3. The second-order valence-corrected chi connectivity index (χ2v) is 7.81. The Kier molecular flexibility index (Phi) is 7.15. The first kappa shape index (κ1) is 25.6. The van der Waals surface area contributed by atoms with Crippen LogP contribution < -0.4 is 9.80 Å². The molecule has 0 radical (unpaired) electrons. The van der Waals surface area contributed by atoms with Gasteiger partial charge in [0.1, 0.15) is 0 Å². The Hall–Kier alpha value is -5.52. The average molecular weight is 516 g/mol. The quantitative estimate of drug-likeness (QED) is 0.299. The number of carbonyl (C=O) groups is 8. The Morgan fingerprint density at radius 2 is 0.895 bits per heavy atom. The second-order valence-electron chi connectivity index (χ2n) is 7.81. The van der Waals surface area contributed by atoms with E-state index in [2.05, 4.69) is 0 Å². The van der Waals surface area contributed by atoms with Gasteiger partial charge in [-0.15, -0.1) is 0 Å². The zero-order chi connectivity index (χ0) is 27.4. The number of ether oxygens (including phenoxy) is 2. The van der Waals surface area contributed by atoms with Crippen molar-refractivity contribution in [3.8, 4) is 0 Å². The molecule has 0 aromatic heterocycles. The molecular weight excluding hydrogens is 500 g/mol. The molecule has 190 valence electrons. The fraction of sp³-hybridized carbons (Fsp3) is 0.0769. The highest BCUT2D eigenvalue weighted by atomic mass is 16.6. The molecule has 0 fully saturated rings. The van der Waals surface area contributed by atoms with Crippen molar-refractivity contribution in [1.29, 1.82) is 0 Å². The first-order valence-corrected chi connectivity index (χ1v) is 11.0. The van der Waals surface area contributed by atoms with Crippen molar-refractivity contribution in [2.45, 2.75) is 12.8 Å². The molecule has 0 saturated heterocycles. The number of carbonyl (C=O) groups excluding carboxylic acids is 8. The van der Waals surface area contributed by atoms with Gasteiger partial charge in [0.05, 0.1) is 35.3 Å². The molecule has 0 atom stereocenters. The van der Waals surface area contributed by atoms with Crippen molar-refractivity contribution < 1.29 is 47.8 Å². The lowest BCUT2D eigenvalue weighted by molar-refractivity contribution is -0.144. The predicted octanol–water partition coefficient (Wildman–Crippen LogP) is 1.39. The van der Waals surface area contributed by atoms with Gasteiger partial charge in [-0.3, -0.25) is 28.8 Å². The van der Waals surface area contributed by atoms with E-state index in [0.717, 1.165) is 34.1 Å². The Morgan fingerprint density at radius 1 is 0.553 bits per heavy atom. The van der Waals surface area contributed by atoms with Gasteiger partial charge in [-0.1, -0.05) is 12.1 Å². The molecule has 2 aliphatic heterocycles. The van der Waals surface area contributed by atoms with E-state index in [1.165, 1.54) is 48.5 Å². The highest BCUT2D eigenvalue weighted by Crippen LogP contribution is 2.22. The van der Waals surface area contributed by atoms with E-state index in [1.807, 2.05) is 0 Å². The summed E-state index contributed by atoms with van der Waals surface area (Å²) in [7, 11) is 0. The van der Waals surface area contributed by atoms with Gasteiger partial charge in [-0.2, -0.15) is 0 Å². The van der Waals surface area contributed by atoms with Crippen LogP contribution in [0.1, 0.15) is 33.6 Å². The highest BCUT2D eigenvalue weighted by molar-refractivity contribution is 6.29. The topological polar surface area (TPSA) is 162 Å². The van der Waals surface area contributed by atoms with E-state index in [1.54, 1.807) is 0 Å². The van der Waals surface area contributed by atoms with E-state index in [-0.39, 0.29) is 22.5 Å². The summed E-state index contributed by atoms with van der Waals surface area (Å²) in [6.07, 6.45) is 3.11. The minimum absolute atomic E-state index is 0.104. The minimum atomic E-state index is -1.08. The van der Waals surface area contributed by atoms with Crippen molar-refractivity contribution in [3.05, 3.63) is 84.0 Å². The van der Waals surface area contributed by atoms with Gasteiger partial charge in [0, 0.05) is 24.3 Å². The lowest BCUT2D eigenvalue weighted by Crippen LogP contribution is -2.29. The van der Waals surface area contributed by atoms with E-state index >= 15 is 0 Å². The van der Waals surface area contributed by atoms with Gasteiger partial charge in [0.2, 0.25) is 0 Å². The summed E-state index contributed by atoms with van der Waals surface area (Å²) in [6.45, 7) is 0. The number of rotatable bonds is 7. The van der Waals surface area contributed by atoms with Crippen LogP contribution in [-0.2, 0) is 38.2 Å². The van der Waals surface area contributed by atoms with Gasteiger partial charge in [-0.25, -0.2) is 19.4 Å². The maximum Gasteiger partial charge on any atom is 0.345 e. The largest absolute Gasteiger partial charge is 0.389 e. The standard InChI is InChI=1S/C26H16N2O10/c29-19-7-8-20(30)27(19)17-5-1-3-15(13-17)25(35)37-23(33)11-12-24(34)38-26(36)16-4-2-6-18(14-16)28-21(31)9-10-22(28)32/h1-10,13-14H,11-12H2. The summed E-state index contributed by atoms with van der Waals surface area (Å²) < 4.78 is 9.38. The normalized spacial score (nSPS) is 14.3. The Balaban J connectivity index is 1.29. The summed E-state index contributed by atoms with van der Waals surface area (Å²) in [5, 5.41) is 0. The number of esters is 4. The molecule has 2 heterocycles. The fourth-order valence-corrected chi connectivity index (χ4v) is 3.48. The van der Waals surface area contributed by atoms with Gasteiger partial charge in [0.15, 0.2) is 0 Å². The maximum atomic E-state index is 12.3. The molecule has 0 N–H and O–H groups in total. The first-order valence-electron chi connectivity index (χ1n) is 11.0. The van der Waals surface area contributed by atoms with Crippen LogP contribution in [0, 0.1) is 0 Å². The molecule has 0 unspecified atom stereocenters. The van der Waals surface area contributed by atoms with E-state index < -0.39 is 60.3 Å². The number of anilines is 2. The SMILES string of the molecule is O=C(CCC(=O)OC(=O)c1cccc(N2C(=O)C=CC2=O)c1)OC(=O)c1cccc(N2C(=O)C=CC2=O)c1. The number of hydrogen-bond donors (Lipinski definition) is 0. The third kappa shape index (κ3) is 5.49. The van der Waals surface area contributed by atoms with Crippen molar-refractivity contribution in [2.24, 2.45) is 0 Å². The lowest BCUT2D eigenvalue weighted by Gasteiger charge is -2.14. The van der Waals surface area contributed by atoms with Crippen LogP contribution in [0.4, 0.5) is 11.4 Å². The summed E-state index contributed by atoms with van der Waals surface area (Å²) in [6, 6.07) is 10.6. The van der Waals surface area contributed by atoms with Crippen LogP contribution in [0.2, 0.25) is 0 Å². The summed E-state index contributed by atoms with van der Waals surface area (Å²) in [4.78, 5) is 97.6. The molecular formula is C26H16N2O10. The minimum Gasteiger partial charge on any atom is -0.389 e. The number of hydrogen-bond acceptors (Lipinski definition) is 10. The third-order valence-electron chi connectivity index (χ3n) is 5.24. The molecule has 2 aromatic carbocycles. The first-order chi connectivity index (χ1) is 18.1. The van der Waals surface area contributed by atoms with Crippen molar-refractivity contribution in [1.82, 2.24) is 0 Å². The van der Waals surface area contributed by atoms with E-state index in [0.29, 0.717) is 0 Å².